The number of benzene rings is 1. The number of aromatic nitrogens is 2. The zero-order chi connectivity index (χ0) is 15.9. The summed E-state index contributed by atoms with van der Waals surface area (Å²) in [5.41, 5.74) is 1.38. The summed E-state index contributed by atoms with van der Waals surface area (Å²) in [5, 5.41) is 11.7. The Bertz CT molecular complexity index is 637. The molecule has 1 aromatic heterocycles. The van der Waals surface area contributed by atoms with E-state index < -0.39 is 5.97 Å². The average Bonchev–Trinajstić information content (AvgIpc) is 2.92. The van der Waals surface area contributed by atoms with Gasteiger partial charge in [-0.2, -0.15) is 0 Å². The van der Waals surface area contributed by atoms with Crippen molar-refractivity contribution in [1.29, 1.82) is 0 Å². The number of hydrogen-bond acceptors (Lipinski definition) is 3. The van der Waals surface area contributed by atoms with Crippen LogP contribution in [0, 0.1) is 0 Å². The second-order valence-electron chi connectivity index (χ2n) is 5.22. The van der Waals surface area contributed by atoms with Crippen molar-refractivity contribution in [2.24, 2.45) is 7.05 Å². The lowest BCUT2D eigenvalue weighted by atomic mass is 10.0. The van der Waals surface area contributed by atoms with Gasteiger partial charge in [0.15, 0.2) is 0 Å². The van der Waals surface area contributed by atoms with Gasteiger partial charge < -0.3 is 15.0 Å². The molecule has 1 unspecified atom stereocenters. The number of carbonyl (C=O) groups excluding carboxylic acids is 1. The molecule has 0 aliphatic carbocycles. The van der Waals surface area contributed by atoms with Crippen LogP contribution in [0.2, 0.25) is 0 Å². The number of hydrogen-bond donors (Lipinski definition) is 2. The predicted octanol–water partition coefficient (Wildman–Crippen LogP) is 1.63. The van der Waals surface area contributed by atoms with Crippen LogP contribution < -0.4 is 5.32 Å². The number of carbonyl (C=O) groups is 2. The topological polar surface area (TPSA) is 84.2 Å². The largest absolute Gasteiger partial charge is 0.481 e. The summed E-state index contributed by atoms with van der Waals surface area (Å²) < 4.78 is 1.69. The molecular weight excluding hydrogens is 282 g/mol. The van der Waals surface area contributed by atoms with Crippen molar-refractivity contribution in [2.45, 2.75) is 25.3 Å². The van der Waals surface area contributed by atoms with Gasteiger partial charge in [0.2, 0.25) is 0 Å². The van der Waals surface area contributed by atoms with E-state index in [0.29, 0.717) is 18.5 Å². The van der Waals surface area contributed by atoms with E-state index in [4.69, 9.17) is 5.11 Å². The molecule has 1 amide bonds. The number of aryl methyl sites for hydroxylation is 1. The van der Waals surface area contributed by atoms with Gasteiger partial charge in [0, 0.05) is 25.7 Å². The summed E-state index contributed by atoms with van der Waals surface area (Å²) in [4.78, 5) is 27.0. The maximum atomic E-state index is 12.2. The molecule has 0 saturated heterocycles. The highest BCUT2D eigenvalue weighted by Gasteiger charge is 2.17. The van der Waals surface area contributed by atoms with Crippen LogP contribution >= 0.6 is 0 Å². The number of aliphatic carboxylic acids is 1. The molecular formula is C16H19N3O3. The van der Waals surface area contributed by atoms with E-state index in [1.807, 2.05) is 30.3 Å². The Morgan fingerprint density at radius 3 is 2.64 bits per heavy atom. The quantitative estimate of drug-likeness (QED) is 0.814. The number of carboxylic acid groups (broad SMARTS) is 1. The zero-order valence-electron chi connectivity index (χ0n) is 12.4. The first-order valence-electron chi connectivity index (χ1n) is 7.09. The maximum absolute atomic E-state index is 12.2. The fourth-order valence-electron chi connectivity index (χ4n) is 2.21. The molecule has 0 saturated carbocycles. The Morgan fingerprint density at radius 2 is 2.05 bits per heavy atom. The highest BCUT2D eigenvalue weighted by Crippen LogP contribution is 2.09. The highest BCUT2D eigenvalue weighted by molar-refractivity contribution is 5.92. The van der Waals surface area contributed by atoms with Crippen molar-refractivity contribution in [3.8, 4) is 0 Å². The molecule has 1 aromatic carbocycles. The zero-order valence-corrected chi connectivity index (χ0v) is 12.4. The third-order valence-electron chi connectivity index (χ3n) is 3.30. The van der Waals surface area contributed by atoms with Gasteiger partial charge in [0.05, 0.1) is 6.33 Å². The van der Waals surface area contributed by atoms with Gasteiger partial charge in [-0.05, 0) is 18.4 Å². The number of nitrogens with one attached hydrogen (secondary N) is 1. The standard InChI is InChI=1S/C16H19N3O3/c1-19-10-14(17-11-19)16(22)18-13(7-8-15(20)21)9-12-5-3-2-4-6-12/h2-6,10-11,13H,7-9H2,1H3,(H,18,22)(H,20,21). The summed E-state index contributed by atoms with van der Waals surface area (Å²) in [6.45, 7) is 0. The fraction of sp³-hybridized carbons (Fsp3) is 0.312. The normalized spacial score (nSPS) is 11.9. The molecule has 2 aromatic rings. The molecule has 2 rings (SSSR count). The van der Waals surface area contributed by atoms with Crippen LogP contribution in [0.15, 0.2) is 42.9 Å². The molecule has 2 N–H and O–H groups in total. The molecule has 6 nitrogen and oxygen atoms in total. The molecule has 1 atom stereocenters. The molecule has 22 heavy (non-hydrogen) atoms. The van der Waals surface area contributed by atoms with Crippen LogP contribution in [0.4, 0.5) is 0 Å². The van der Waals surface area contributed by atoms with E-state index in [-0.39, 0.29) is 18.4 Å². The maximum Gasteiger partial charge on any atom is 0.303 e. The molecule has 0 fully saturated rings. The van der Waals surface area contributed by atoms with E-state index in [9.17, 15) is 9.59 Å². The van der Waals surface area contributed by atoms with E-state index in [1.54, 1.807) is 24.1 Å². The van der Waals surface area contributed by atoms with E-state index in [0.717, 1.165) is 5.56 Å². The first kappa shape index (κ1) is 15.8. The van der Waals surface area contributed by atoms with Crippen LogP contribution in [0.3, 0.4) is 0 Å². The number of carboxylic acids is 1. The van der Waals surface area contributed by atoms with Gasteiger partial charge in [0.1, 0.15) is 5.69 Å². The van der Waals surface area contributed by atoms with E-state index in [1.165, 1.54) is 0 Å². The third-order valence-corrected chi connectivity index (χ3v) is 3.30. The van der Waals surface area contributed by atoms with Gasteiger partial charge in [-0.3, -0.25) is 9.59 Å². The van der Waals surface area contributed by atoms with Crippen molar-refractivity contribution in [2.75, 3.05) is 0 Å². The van der Waals surface area contributed by atoms with Crippen LogP contribution in [0.5, 0.6) is 0 Å². The number of rotatable bonds is 7. The first-order valence-corrected chi connectivity index (χ1v) is 7.09. The molecule has 116 valence electrons. The molecule has 6 heteroatoms. The lowest BCUT2D eigenvalue weighted by molar-refractivity contribution is -0.137. The summed E-state index contributed by atoms with van der Waals surface area (Å²) in [6.07, 6.45) is 4.17. The van der Waals surface area contributed by atoms with Crippen molar-refractivity contribution < 1.29 is 14.7 Å². The highest BCUT2D eigenvalue weighted by atomic mass is 16.4. The monoisotopic (exact) mass is 301 g/mol. The van der Waals surface area contributed by atoms with Gasteiger partial charge in [-0.1, -0.05) is 30.3 Å². The minimum atomic E-state index is -0.870. The van der Waals surface area contributed by atoms with Crippen molar-refractivity contribution >= 4 is 11.9 Å². The molecule has 0 radical (unpaired) electrons. The van der Waals surface area contributed by atoms with Crippen LogP contribution in [-0.4, -0.2) is 32.6 Å². The third kappa shape index (κ3) is 4.73. The van der Waals surface area contributed by atoms with Gasteiger partial charge in [-0.15, -0.1) is 0 Å². The second-order valence-corrected chi connectivity index (χ2v) is 5.22. The Balaban J connectivity index is 2.03. The molecule has 0 aliphatic rings. The second kappa shape index (κ2) is 7.40. The van der Waals surface area contributed by atoms with Crippen molar-refractivity contribution in [3.05, 3.63) is 54.1 Å². The fourth-order valence-corrected chi connectivity index (χ4v) is 2.21. The number of amides is 1. The first-order chi connectivity index (χ1) is 10.5. The Kier molecular flexibility index (Phi) is 5.30. The van der Waals surface area contributed by atoms with Crippen molar-refractivity contribution in [1.82, 2.24) is 14.9 Å². The Labute approximate surface area is 128 Å². The summed E-state index contributed by atoms with van der Waals surface area (Å²) in [6, 6.07) is 9.44. The van der Waals surface area contributed by atoms with Crippen LogP contribution in [0.25, 0.3) is 0 Å². The average molecular weight is 301 g/mol. The van der Waals surface area contributed by atoms with E-state index in [2.05, 4.69) is 10.3 Å². The molecule has 1 heterocycles. The molecule has 0 bridgehead atoms. The Hall–Kier alpha value is -2.63. The lowest BCUT2D eigenvalue weighted by Gasteiger charge is -2.17. The lowest BCUT2D eigenvalue weighted by Crippen LogP contribution is -2.37. The van der Waals surface area contributed by atoms with E-state index >= 15 is 0 Å². The summed E-state index contributed by atoms with van der Waals surface area (Å²) in [7, 11) is 1.79. The van der Waals surface area contributed by atoms with Crippen LogP contribution in [-0.2, 0) is 18.3 Å². The number of imidazole rings is 1. The summed E-state index contributed by atoms with van der Waals surface area (Å²) in [5.74, 6) is -1.16. The van der Waals surface area contributed by atoms with Gasteiger partial charge >= 0.3 is 5.97 Å². The SMILES string of the molecule is Cn1cnc(C(=O)NC(CCC(=O)O)Cc2ccccc2)c1. The predicted molar refractivity (Wildman–Crippen MR) is 81.5 cm³/mol. The smallest absolute Gasteiger partial charge is 0.303 e. The van der Waals surface area contributed by atoms with Gasteiger partial charge in [0.25, 0.3) is 5.91 Å². The Morgan fingerprint density at radius 1 is 1.32 bits per heavy atom. The minimum Gasteiger partial charge on any atom is -0.481 e. The van der Waals surface area contributed by atoms with Gasteiger partial charge in [-0.25, -0.2) is 4.98 Å². The number of nitrogens with zero attached hydrogens (tertiary/aromatic N) is 2. The molecule has 0 aliphatic heterocycles. The summed E-state index contributed by atoms with van der Waals surface area (Å²) >= 11 is 0. The van der Waals surface area contributed by atoms with Crippen LogP contribution in [0.1, 0.15) is 28.9 Å². The van der Waals surface area contributed by atoms with Crippen molar-refractivity contribution in [3.63, 3.8) is 0 Å². The molecule has 0 spiro atoms. The minimum absolute atomic E-state index is 0.0139.